The summed E-state index contributed by atoms with van der Waals surface area (Å²) in [7, 11) is 1.96. The summed E-state index contributed by atoms with van der Waals surface area (Å²) >= 11 is 0. The van der Waals surface area contributed by atoms with Crippen LogP contribution in [0.1, 0.15) is 18.1 Å². The first-order chi connectivity index (χ1) is 7.11. The van der Waals surface area contributed by atoms with Gasteiger partial charge in [-0.1, -0.05) is 12.1 Å². The standard InChI is InChI=1S/C12H16N2O/c1-10(15)8-14(2)9-12-5-3-11(7-13)4-6-12/h3-6,10,15H,8-9H2,1-2H3. The quantitative estimate of drug-likeness (QED) is 0.805. The highest BCUT2D eigenvalue weighted by Gasteiger charge is 2.03. The highest BCUT2D eigenvalue weighted by atomic mass is 16.3. The van der Waals surface area contributed by atoms with Gasteiger partial charge in [-0.25, -0.2) is 0 Å². The van der Waals surface area contributed by atoms with Gasteiger partial charge < -0.3 is 5.11 Å². The van der Waals surface area contributed by atoms with Crippen LogP contribution >= 0.6 is 0 Å². The molecule has 1 aromatic carbocycles. The van der Waals surface area contributed by atoms with Crippen molar-refractivity contribution in [3.05, 3.63) is 35.4 Å². The first kappa shape index (κ1) is 11.7. The number of benzene rings is 1. The lowest BCUT2D eigenvalue weighted by Gasteiger charge is -2.18. The Hall–Kier alpha value is -1.37. The van der Waals surface area contributed by atoms with E-state index in [9.17, 15) is 5.11 Å². The predicted molar refractivity (Wildman–Crippen MR) is 59.2 cm³/mol. The lowest BCUT2D eigenvalue weighted by molar-refractivity contribution is 0.138. The molecule has 0 aromatic heterocycles. The smallest absolute Gasteiger partial charge is 0.0991 e. The van der Waals surface area contributed by atoms with E-state index >= 15 is 0 Å². The molecule has 0 aliphatic heterocycles. The van der Waals surface area contributed by atoms with Crippen LogP contribution in [-0.4, -0.2) is 29.7 Å². The van der Waals surface area contributed by atoms with Crippen LogP contribution < -0.4 is 0 Å². The summed E-state index contributed by atoms with van der Waals surface area (Å²) < 4.78 is 0. The number of likely N-dealkylation sites (N-methyl/N-ethyl adjacent to an activating group) is 1. The normalized spacial score (nSPS) is 12.5. The molecule has 0 radical (unpaired) electrons. The van der Waals surface area contributed by atoms with Crippen LogP contribution in [0.3, 0.4) is 0 Å². The number of nitriles is 1. The molecular formula is C12H16N2O. The number of nitrogens with zero attached hydrogens (tertiary/aromatic N) is 2. The summed E-state index contributed by atoms with van der Waals surface area (Å²) in [6, 6.07) is 9.59. The molecule has 0 aliphatic rings. The molecule has 0 bridgehead atoms. The fourth-order valence-electron chi connectivity index (χ4n) is 1.51. The van der Waals surface area contributed by atoms with E-state index < -0.39 is 0 Å². The van der Waals surface area contributed by atoms with Crippen LogP contribution in [0, 0.1) is 11.3 Å². The molecule has 0 amide bonds. The average Bonchev–Trinajstić information content (AvgIpc) is 2.17. The SMILES string of the molecule is CC(O)CN(C)Cc1ccc(C#N)cc1. The first-order valence-electron chi connectivity index (χ1n) is 4.97. The van der Waals surface area contributed by atoms with Crippen LogP contribution in [-0.2, 0) is 6.54 Å². The van der Waals surface area contributed by atoms with Gasteiger partial charge in [0, 0.05) is 13.1 Å². The third-order valence-electron chi connectivity index (χ3n) is 2.11. The molecule has 15 heavy (non-hydrogen) atoms. The minimum Gasteiger partial charge on any atom is -0.392 e. The summed E-state index contributed by atoms with van der Waals surface area (Å²) in [4.78, 5) is 2.05. The summed E-state index contributed by atoms with van der Waals surface area (Å²) in [6.45, 7) is 3.21. The summed E-state index contributed by atoms with van der Waals surface area (Å²) in [5, 5.41) is 17.8. The van der Waals surface area contributed by atoms with Crippen molar-refractivity contribution < 1.29 is 5.11 Å². The zero-order valence-electron chi connectivity index (χ0n) is 9.14. The number of hydrogen-bond donors (Lipinski definition) is 1. The van der Waals surface area contributed by atoms with Gasteiger partial charge in [0.05, 0.1) is 17.7 Å². The molecule has 1 unspecified atom stereocenters. The Morgan fingerprint density at radius 2 is 2.00 bits per heavy atom. The summed E-state index contributed by atoms with van der Waals surface area (Å²) in [5.41, 5.74) is 1.83. The van der Waals surface area contributed by atoms with Gasteiger partial charge in [-0.3, -0.25) is 4.90 Å². The Labute approximate surface area is 90.6 Å². The fourth-order valence-corrected chi connectivity index (χ4v) is 1.51. The van der Waals surface area contributed by atoms with Gasteiger partial charge in [0.25, 0.3) is 0 Å². The van der Waals surface area contributed by atoms with Crippen molar-refractivity contribution in [2.24, 2.45) is 0 Å². The van der Waals surface area contributed by atoms with Gasteiger partial charge in [0.1, 0.15) is 0 Å². The molecule has 80 valence electrons. The van der Waals surface area contributed by atoms with E-state index in [0.717, 1.165) is 12.1 Å². The van der Waals surface area contributed by atoms with Crippen molar-refractivity contribution >= 4 is 0 Å². The fraction of sp³-hybridized carbons (Fsp3) is 0.417. The topological polar surface area (TPSA) is 47.3 Å². The Morgan fingerprint density at radius 3 is 2.47 bits per heavy atom. The van der Waals surface area contributed by atoms with Gasteiger partial charge >= 0.3 is 0 Å². The van der Waals surface area contributed by atoms with Gasteiger partial charge in [0.15, 0.2) is 0 Å². The van der Waals surface area contributed by atoms with E-state index in [1.807, 2.05) is 36.2 Å². The largest absolute Gasteiger partial charge is 0.392 e. The Kier molecular flexibility index (Phi) is 4.29. The lowest BCUT2D eigenvalue weighted by Crippen LogP contribution is -2.26. The Balaban J connectivity index is 2.54. The van der Waals surface area contributed by atoms with Crippen LogP contribution in [0.2, 0.25) is 0 Å². The maximum atomic E-state index is 9.20. The monoisotopic (exact) mass is 204 g/mol. The van der Waals surface area contributed by atoms with Crippen LogP contribution in [0.25, 0.3) is 0 Å². The van der Waals surface area contributed by atoms with Crippen molar-refractivity contribution in [3.8, 4) is 6.07 Å². The second-order valence-corrected chi connectivity index (χ2v) is 3.85. The van der Waals surface area contributed by atoms with Crippen molar-refractivity contribution in [3.63, 3.8) is 0 Å². The molecule has 1 aromatic rings. The maximum Gasteiger partial charge on any atom is 0.0991 e. The second-order valence-electron chi connectivity index (χ2n) is 3.85. The maximum absolute atomic E-state index is 9.20. The van der Waals surface area contributed by atoms with E-state index in [2.05, 4.69) is 6.07 Å². The van der Waals surface area contributed by atoms with Crippen LogP contribution in [0.5, 0.6) is 0 Å². The molecule has 1 atom stereocenters. The second kappa shape index (κ2) is 5.50. The highest BCUT2D eigenvalue weighted by molar-refractivity contribution is 5.31. The molecule has 1 rings (SSSR count). The van der Waals surface area contributed by atoms with E-state index in [0.29, 0.717) is 12.1 Å². The highest BCUT2D eigenvalue weighted by Crippen LogP contribution is 2.06. The zero-order valence-corrected chi connectivity index (χ0v) is 9.14. The molecular weight excluding hydrogens is 188 g/mol. The van der Waals surface area contributed by atoms with Crippen molar-refractivity contribution in [2.75, 3.05) is 13.6 Å². The molecule has 0 spiro atoms. The molecule has 0 aliphatic carbocycles. The number of rotatable bonds is 4. The Bertz CT molecular complexity index is 338. The van der Waals surface area contributed by atoms with Crippen molar-refractivity contribution in [1.82, 2.24) is 4.90 Å². The number of aliphatic hydroxyl groups is 1. The molecule has 1 N–H and O–H groups in total. The number of hydrogen-bond acceptors (Lipinski definition) is 3. The molecule has 0 saturated carbocycles. The molecule has 3 heteroatoms. The summed E-state index contributed by atoms with van der Waals surface area (Å²) in [5.74, 6) is 0. The third kappa shape index (κ3) is 4.11. The molecule has 0 heterocycles. The van der Waals surface area contributed by atoms with E-state index in [1.54, 1.807) is 6.92 Å². The predicted octanol–water partition coefficient (Wildman–Crippen LogP) is 1.37. The first-order valence-corrected chi connectivity index (χ1v) is 4.97. The van der Waals surface area contributed by atoms with Crippen LogP contribution in [0.15, 0.2) is 24.3 Å². The zero-order chi connectivity index (χ0) is 11.3. The van der Waals surface area contributed by atoms with E-state index in [1.165, 1.54) is 0 Å². The van der Waals surface area contributed by atoms with Gasteiger partial charge in [0.2, 0.25) is 0 Å². The molecule has 0 fully saturated rings. The van der Waals surface area contributed by atoms with Crippen LogP contribution in [0.4, 0.5) is 0 Å². The number of aliphatic hydroxyl groups excluding tert-OH is 1. The molecule has 3 nitrogen and oxygen atoms in total. The van der Waals surface area contributed by atoms with Crippen molar-refractivity contribution in [1.29, 1.82) is 5.26 Å². The minimum atomic E-state index is -0.312. The van der Waals surface area contributed by atoms with Gasteiger partial charge in [-0.05, 0) is 31.7 Å². The molecule has 0 saturated heterocycles. The van der Waals surface area contributed by atoms with Gasteiger partial charge in [-0.15, -0.1) is 0 Å². The Morgan fingerprint density at radius 1 is 1.40 bits per heavy atom. The third-order valence-corrected chi connectivity index (χ3v) is 2.11. The minimum absolute atomic E-state index is 0.312. The van der Waals surface area contributed by atoms with E-state index in [-0.39, 0.29) is 6.10 Å². The van der Waals surface area contributed by atoms with E-state index in [4.69, 9.17) is 5.26 Å². The summed E-state index contributed by atoms with van der Waals surface area (Å²) in [6.07, 6.45) is -0.312. The van der Waals surface area contributed by atoms with Gasteiger partial charge in [-0.2, -0.15) is 5.26 Å². The lowest BCUT2D eigenvalue weighted by atomic mass is 10.1. The van der Waals surface area contributed by atoms with Crippen molar-refractivity contribution in [2.45, 2.75) is 19.6 Å². The average molecular weight is 204 g/mol.